The molecule has 2 N–H and O–H groups in total. The van der Waals surface area contributed by atoms with E-state index in [0.29, 0.717) is 30.0 Å². The van der Waals surface area contributed by atoms with E-state index in [1.54, 1.807) is 20.0 Å². The summed E-state index contributed by atoms with van der Waals surface area (Å²) in [4.78, 5) is 27.7. The third kappa shape index (κ3) is 3.27. The van der Waals surface area contributed by atoms with Crippen molar-refractivity contribution < 1.29 is 14.3 Å². The lowest BCUT2D eigenvalue weighted by Gasteiger charge is -2.06. The first kappa shape index (κ1) is 14.3. The molecule has 0 aromatic carbocycles. The summed E-state index contributed by atoms with van der Waals surface area (Å²) in [5.41, 5.74) is 1.52. The standard InChI is InChI=1S/C14H16N2O3S/c1-3-19-14(18)13-9(2)15-8-11(13)16-12(17)7-10-5-4-6-20-10/h4-6,8,15H,3,7H2,1-2H3,(H,16,17). The molecule has 2 heterocycles. The van der Waals surface area contributed by atoms with Crippen LogP contribution < -0.4 is 5.32 Å². The SMILES string of the molecule is CCOC(=O)c1c(NC(=O)Cc2cccs2)c[nH]c1C. The van der Waals surface area contributed by atoms with Crippen LogP contribution >= 0.6 is 11.3 Å². The fourth-order valence-corrected chi connectivity index (χ4v) is 2.56. The lowest BCUT2D eigenvalue weighted by molar-refractivity contribution is -0.115. The maximum Gasteiger partial charge on any atom is 0.342 e. The summed E-state index contributed by atoms with van der Waals surface area (Å²) in [5, 5.41) is 4.67. The Kier molecular flexibility index (Phi) is 4.57. The molecule has 6 heteroatoms. The molecule has 5 nitrogen and oxygen atoms in total. The van der Waals surface area contributed by atoms with Gasteiger partial charge in [-0.05, 0) is 25.3 Å². The number of H-pyrrole nitrogens is 1. The second kappa shape index (κ2) is 6.38. The van der Waals surface area contributed by atoms with Gasteiger partial charge in [-0.1, -0.05) is 6.07 Å². The van der Waals surface area contributed by atoms with Gasteiger partial charge in [0, 0.05) is 16.8 Å². The number of amides is 1. The number of carbonyl (C=O) groups excluding carboxylic acids is 2. The third-order valence-electron chi connectivity index (χ3n) is 2.75. The van der Waals surface area contributed by atoms with Gasteiger partial charge in [-0.25, -0.2) is 4.79 Å². The van der Waals surface area contributed by atoms with Gasteiger partial charge in [0.2, 0.25) is 5.91 Å². The molecule has 0 saturated heterocycles. The summed E-state index contributed by atoms with van der Waals surface area (Å²) in [5.74, 6) is -0.588. The highest BCUT2D eigenvalue weighted by Gasteiger charge is 2.19. The summed E-state index contributed by atoms with van der Waals surface area (Å²) >= 11 is 1.53. The van der Waals surface area contributed by atoms with Crippen molar-refractivity contribution in [2.24, 2.45) is 0 Å². The third-order valence-corrected chi connectivity index (χ3v) is 3.62. The number of esters is 1. The maximum absolute atomic E-state index is 12.0. The molecule has 0 spiro atoms. The number of rotatable bonds is 5. The van der Waals surface area contributed by atoms with Gasteiger partial charge >= 0.3 is 5.97 Å². The van der Waals surface area contributed by atoms with Crippen LogP contribution in [0.15, 0.2) is 23.7 Å². The van der Waals surface area contributed by atoms with Crippen molar-refractivity contribution in [1.29, 1.82) is 0 Å². The second-order valence-electron chi connectivity index (χ2n) is 4.23. The number of anilines is 1. The molecule has 20 heavy (non-hydrogen) atoms. The van der Waals surface area contributed by atoms with Crippen LogP contribution in [0.4, 0.5) is 5.69 Å². The summed E-state index contributed by atoms with van der Waals surface area (Å²) in [6, 6.07) is 3.80. The number of hydrogen-bond donors (Lipinski definition) is 2. The lowest BCUT2D eigenvalue weighted by atomic mass is 10.2. The van der Waals surface area contributed by atoms with Crippen molar-refractivity contribution in [1.82, 2.24) is 4.98 Å². The molecular formula is C14H16N2O3S. The van der Waals surface area contributed by atoms with Crippen molar-refractivity contribution in [3.05, 3.63) is 39.8 Å². The molecule has 2 aromatic heterocycles. The van der Waals surface area contributed by atoms with Crippen LogP contribution in [0.3, 0.4) is 0 Å². The Morgan fingerprint density at radius 2 is 2.25 bits per heavy atom. The van der Waals surface area contributed by atoms with Gasteiger partial charge in [-0.3, -0.25) is 4.79 Å². The summed E-state index contributed by atoms with van der Waals surface area (Å²) in [6.07, 6.45) is 1.90. The van der Waals surface area contributed by atoms with Crippen LogP contribution in [0.5, 0.6) is 0 Å². The minimum atomic E-state index is -0.433. The smallest absolute Gasteiger partial charge is 0.342 e. The van der Waals surface area contributed by atoms with Gasteiger partial charge in [0.1, 0.15) is 5.56 Å². The van der Waals surface area contributed by atoms with E-state index in [9.17, 15) is 9.59 Å². The van der Waals surface area contributed by atoms with Crippen LogP contribution in [-0.4, -0.2) is 23.5 Å². The van der Waals surface area contributed by atoms with Gasteiger partial charge in [-0.15, -0.1) is 11.3 Å². The number of thiophene rings is 1. The number of aromatic nitrogens is 1. The summed E-state index contributed by atoms with van der Waals surface area (Å²) in [6.45, 7) is 3.81. The molecule has 0 bridgehead atoms. The fraction of sp³-hybridized carbons (Fsp3) is 0.286. The molecule has 0 aliphatic heterocycles. The van der Waals surface area contributed by atoms with Crippen molar-refractivity contribution in [3.8, 4) is 0 Å². The molecule has 0 aliphatic rings. The number of nitrogens with one attached hydrogen (secondary N) is 2. The van der Waals surface area contributed by atoms with Gasteiger partial charge in [-0.2, -0.15) is 0 Å². The van der Waals surface area contributed by atoms with Crippen LogP contribution in [0.25, 0.3) is 0 Å². The Hall–Kier alpha value is -2.08. The average molecular weight is 292 g/mol. The number of carbonyl (C=O) groups is 2. The van der Waals surface area contributed by atoms with Crippen LogP contribution in [0.1, 0.15) is 27.9 Å². The normalized spacial score (nSPS) is 10.3. The van der Waals surface area contributed by atoms with E-state index < -0.39 is 5.97 Å². The molecule has 0 saturated carbocycles. The van der Waals surface area contributed by atoms with E-state index in [4.69, 9.17) is 4.74 Å². The van der Waals surface area contributed by atoms with Gasteiger partial charge < -0.3 is 15.0 Å². The zero-order chi connectivity index (χ0) is 14.5. The van der Waals surface area contributed by atoms with Crippen molar-refractivity contribution in [2.45, 2.75) is 20.3 Å². The minimum absolute atomic E-state index is 0.156. The van der Waals surface area contributed by atoms with E-state index >= 15 is 0 Å². The minimum Gasteiger partial charge on any atom is -0.462 e. The predicted octanol–water partition coefficient (Wildman–Crippen LogP) is 2.74. The Morgan fingerprint density at radius 3 is 2.90 bits per heavy atom. The molecule has 0 fully saturated rings. The number of aryl methyl sites for hydroxylation is 1. The molecule has 0 radical (unpaired) electrons. The Balaban J connectivity index is 2.09. The van der Waals surface area contributed by atoms with Crippen LogP contribution in [-0.2, 0) is 16.0 Å². The molecule has 1 amide bonds. The van der Waals surface area contributed by atoms with Crippen LogP contribution in [0, 0.1) is 6.92 Å². The first-order chi connectivity index (χ1) is 9.61. The van der Waals surface area contributed by atoms with Gasteiger partial charge in [0.25, 0.3) is 0 Å². The highest BCUT2D eigenvalue weighted by molar-refractivity contribution is 7.10. The predicted molar refractivity (Wildman–Crippen MR) is 78.1 cm³/mol. The maximum atomic E-state index is 12.0. The monoisotopic (exact) mass is 292 g/mol. The fourth-order valence-electron chi connectivity index (χ4n) is 1.86. The summed E-state index contributed by atoms with van der Waals surface area (Å²) in [7, 11) is 0. The molecule has 2 rings (SSSR count). The number of aromatic amines is 1. The van der Waals surface area contributed by atoms with Crippen molar-refractivity contribution in [2.75, 3.05) is 11.9 Å². The first-order valence-electron chi connectivity index (χ1n) is 6.29. The zero-order valence-corrected chi connectivity index (χ0v) is 12.2. The molecule has 106 valence electrons. The molecular weight excluding hydrogens is 276 g/mol. The van der Waals surface area contributed by atoms with E-state index in [1.807, 2.05) is 17.5 Å². The Labute approximate surface area is 121 Å². The highest BCUT2D eigenvalue weighted by atomic mass is 32.1. The Morgan fingerprint density at radius 1 is 1.45 bits per heavy atom. The molecule has 0 aliphatic carbocycles. The topological polar surface area (TPSA) is 71.2 Å². The Bertz CT molecular complexity index is 602. The number of hydrogen-bond acceptors (Lipinski definition) is 4. The van der Waals surface area contributed by atoms with Crippen LogP contribution in [0.2, 0.25) is 0 Å². The van der Waals surface area contributed by atoms with Crippen molar-refractivity contribution in [3.63, 3.8) is 0 Å². The van der Waals surface area contributed by atoms with E-state index in [0.717, 1.165) is 4.88 Å². The van der Waals surface area contributed by atoms with E-state index in [-0.39, 0.29) is 5.91 Å². The van der Waals surface area contributed by atoms with Gasteiger partial charge in [0.05, 0.1) is 18.7 Å². The van der Waals surface area contributed by atoms with Crippen molar-refractivity contribution >= 4 is 28.9 Å². The molecule has 0 unspecified atom stereocenters. The average Bonchev–Trinajstić information content (AvgIpc) is 3.00. The zero-order valence-electron chi connectivity index (χ0n) is 11.4. The quantitative estimate of drug-likeness (QED) is 0.832. The first-order valence-corrected chi connectivity index (χ1v) is 7.17. The second-order valence-corrected chi connectivity index (χ2v) is 5.26. The van der Waals surface area contributed by atoms with Gasteiger partial charge in [0.15, 0.2) is 0 Å². The molecule has 0 atom stereocenters. The highest BCUT2D eigenvalue weighted by Crippen LogP contribution is 2.21. The van der Waals surface area contributed by atoms with E-state index in [1.165, 1.54) is 11.3 Å². The lowest BCUT2D eigenvalue weighted by Crippen LogP contribution is -2.16. The molecule has 2 aromatic rings. The number of ether oxygens (including phenoxy) is 1. The largest absolute Gasteiger partial charge is 0.462 e. The summed E-state index contributed by atoms with van der Waals surface area (Å²) < 4.78 is 4.99. The van der Waals surface area contributed by atoms with E-state index in [2.05, 4.69) is 10.3 Å².